The van der Waals surface area contributed by atoms with Crippen molar-refractivity contribution in [1.29, 1.82) is 0 Å². The molecule has 0 rings (SSSR count). The Morgan fingerprint density at radius 1 is 0.265 bits per heavy atom. The maximum Gasteiger partial charge on any atom is 0.472 e. The number of hydrogen-bond donors (Lipinski definition) is 3. The highest BCUT2D eigenvalue weighted by Crippen LogP contribution is 2.45. The van der Waals surface area contributed by atoms with E-state index < -0.39 is 97.5 Å². The van der Waals surface area contributed by atoms with E-state index in [1.807, 2.05) is 0 Å². The van der Waals surface area contributed by atoms with Crippen molar-refractivity contribution in [2.24, 2.45) is 5.92 Å². The van der Waals surface area contributed by atoms with E-state index >= 15 is 0 Å². The number of hydrogen-bond acceptors (Lipinski definition) is 15. The van der Waals surface area contributed by atoms with Gasteiger partial charge < -0.3 is 33.8 Å². The van der Waals surface area contributed by atoms with Crippen molar-refractivity contribution >= 4 is 39.5 Å². The van der Waals surface area contributed by atoms with Gasteiger partial charge in [0.25, 0.3) is 0 Å². The van der Waals surface area contributed by atoms with Crippen molar-refractivity contribution in [1.82, 2.24) is 0 Å². The average Bonchev–Trinajstić information content (AvgIpc) is 1.05. The first kappa shape index (κ1) is 100. The molecule has 0 spiro atoms. The van der Waals surface area contributed by atoms with E-state index in [2.05, 4.69) is 34.6 Å². The zero-order valence-electron chi connectivity index (χ0n) is 66.8. The van der Waals surface area contributed by atoms with E-state index in [-0.39, 0.29) is 25.7 Å². The molecule has 0 saturated carbocycles. The van der Waals surface area contributed by atoms with Crippen LogP contribution in [0.1, 0.15) is 446 Å². The first-order valence-corrected chi connectivity index (χ1v) is 46.1. The van der Waals surface area contributed by atoms with Crippen LogP contribution in [0.3, 0.4) is 0 Å². The summed E-state index contributed by atoms with van der Waals surface area (Å²) >= 11 is 0. The lowest BCUT2D eigenvalue weighted by molar-refractivity contribution is -0.161. The van der Waals surface area contributed by atoms with E-state index in [1.54, 1.807) is 0 Å². The maximum absolute atomic E-state index is 13.1. The lowest BCUT2D eigenvalue weighted by Gasteiger charge is -2.21. The fourth-order valence-corrected chi connectivity index (χ4v) is 14.5. The minimum atomic E-state index is -4.96. The zero-order chi connectivity index (χ0) is 74.8. The Balaban J connectivity index is 5.19. The number of ether oxygens (including phenoxy) is 4. The first-order valence-electron chi connectivity index (χ1n) is 43.1. The topological polar surface area (TPSA) is 237 Å². The summed E-state index contributed by atoms with van der Waals surface area (Å²) in [5, 5.41) is 10.6. The molecule has 19 heteroatoms. The van der Waals surface area contributed by atoms with Crippen molar-refractivity contribution < 1.29 is 80.2 Å². The first-order chi connectivity index (χ1) is 49.5. The van der Waals surface area contributed by atoms with Gasteiger partial charge in [0, 0.05) is 25.7 Å². The summed E-state index contributed by atoms with van der Waals surface area (Å²) in [6.07, 6.45) is 68.1. The van der Waals surface area contributed by atoms with Gasteiger partial charge in [-0.05, 0) is 31.6 Å². The molecule has 0 heterocycles. The van der Waals surface area contributed by atoms with Gasteiger partial charge in [-0.2, -0.15) is 0 Å². The quantitative estimate of drug-likeness (QED) is 0.0222. The highest BCUT2D eigenvalue weighted by molar-refractivity contribution is 7.47. The van der Waals surface area contributed by atoms with Crippen molar-refractivity contribution in [3.63, 3.8) is 0 Å². The van der Waals surface area contributed by atoms with Crippen LogP contribution in [0.5, 0.6) is 0 Å². The third-order valence-corrected chi connectivity index (χ3v) is 21.4. The molecule has 0 aromatic rings. The molecule has 0 aliphatic carbocycles. The van der Waals surface area contributed by atoms with Crippen LogP contribution in [-0.4, -0.2) is 96.7 Å². The normalized spacial score (nSPS) is 13.8. The van der Waals surface area contributed by atoms with E-state index in [1.165, 1.54) is 270 Å². The molecule has 0 aliphatic heterocycles. The Morgan fingerprint density at radius 2 is 0.451 bits per heavy atom. The molecule has 0 aromatic carbocycles. The third-order valence-electron chi connectivity index (χ3n) is 19.5. The minimum Gasteiger partial charge on any atom is -0.462 e. The standard InChI is InChI=1S/C83H162O17P2/c1-6-9-12-15-18-21-23-25-27-29-31-35-39-43-47-52-57-62-67-81(86)94-73-79(100-83(88)69-64-59-54-49-45-41-37-33-32-34-38-42-46-50-55-60-65-76(4)5)75-98-102(91,92)96-71-77(84)70-95-101(89,90)97-74-78(72-93-80(85)66-61-56-51-20-17-14-11-8-3)99-82(87)68-63-58-53-48-44-40-36-30-28-26-24-22-19-16-13-10-7-2/h76-79,84H,6-75H2,1-5H3,(H,89,90)(H,91,92)/t77-,78+,79+/m0/s1. The summed E-state index contributed by atoms with van der Waals surface area (Å²) < 4.78 is 68.7. The summed E-state index contributed by atoms with van der Waals surface area (Å²) in [5.41, 5.74) is 0. The van der Waals surface area contributed by atoms with E-state index in [0.29, 0.717) is 25.7 Å². The van der Waals surface area contributed by atoms with E-state index in [4.69, 9.17) is 37.0 Å². The van der Waals surface area contributed by atoms with Gasteiger partial charge in [-0.1, -0.05) is 394 Å². The van der Waals surface area contributed by atoms with Gasteiger partial charge in [-0.25, -0.2) is 9.13 Å². The van der Waals surface area contributed by atoms with Crippen LogP contribution < -0.4 is 0 Å². The molecule has 102 heavy (non-hydrogen) atoms. The van der Waals surface area contributed by atoms with Crippen LogP contribution in [0.15, 0.2) is 0 Å². The lowest BCUT2D eigenvalue weighted by Crippen LogP contribution is -2.30. The molecule has 0 bridgehead atoms. The second kappa shape index (κ2) is 75.9. The predicted molar refractivity (Wildman–Crippen MR) is 418 cm³/mol. The Hall–Kier alpha value is -1.94. The van der Waals surface area contributed by atoms with Crippen molar-refractivity contribution in [3.8, 4) is 0 Å². The summed E-state index contributed by atoms with van der Waals surface area (Å²) in [5.74, 6) is -1.30. The van der Waals surface area contributed by atoms with Crippen LogP contribution in [0, 0.1) is 5.92 Å². The predicted octanol–water partition coefficient (Wildman–Crippen LogP) is 25.2. The molecule has 606 valence electrons. The van der Waals surface area contributed by atoms with Gasteiger partial charge in [-0.3, -0.25) is 37.3 Å². The van der Waals surface area contributed by atoms with Crippen molar-refractivity contribution in [2.45, 2.75) is 464 Å². The Labute approximate surface area is 626 Å². The van der Waals surface area contributed by atoms with Crippen molar-refractivity contribution in [3.05, 3.63) is 0 Å². The fraction of sp³-hybridized carbons (Fsp3) is 0.952. The van der Waals surface area contributed by atoms with Gasteiger partial charge in [0.2, 0.25) is 0 Å². The summed E-state index contributed by atoms with van der Waals surface area (Å²) in [7, 11) is -9.92. The summed E-state index contributed by atoms with van der Waals surface area (Å²) in [4.78, 5) is 73.0. The second-order valence-corrected chi connectivity index (χ2v) is 33.3. The number of aliphatic hydroxyl groups is 1. The number of carbonyl (C=O) groups is 4. The molecule has 3 N–H and O–H groups in total. The highest BCUT2D eigenvalue weighted by atomic mass is 31.2. The number of carbonyl (C=O) groups excluding carboxylic acids is 4. The van der Waals surface area contributed by atoms with Gasteiger partial charge in [0.15, 0.2) is 12.2 Å². The molecule has 0 saturated heterocycles. The molecule has 0 aromatic heterocycles. The largest absolute Gasteiger partial charge is 0.472 e. The molecule has 0 fully saturated rings. The zero-order valence-corrected chi connectivity index (χ0v) is 68.5. The molecule has 2 unspecified atom stereocenters. The number of unbranched alkanes of at least 4 members (excludes halogenated alkanes) is 55. The van der Waals surface area contributed by atoms with Crippen LogP contribution >= 0.6 is 15.6 Å². The van der Waals surface area contributed by atoms with Gasteiger partial charge in [0.05, 0.1) is 26.4 Å². The Kier molecular flexibility index (Phi) is 74.4. The van der Waals surface area contributed by atoms with Crippen LogP contribution in [0.2, 0.25) is 0 Å². The Bertz CT molecular complexity index is 1940. The molecule has 0 amide bonds. The smallest absolute Gasteiger partial charge is 0.462 e. The van der Waals surface area contributed by atoms with E-state index in [0.717, 1.165) is 95.8 Å². The minimum absolute atomic E-state index is 0.109. The van der Waals surface area contributed by atoms with E-state index in [9.17, 15) is 43.2 Å². The molecule has 17 nitrogen and oxygen atoms in total. The van der Waals surface area contributed by atoms with Crippen LogP contribution in [0.4, 0.5) is 0 Å². The monoisotopic (exact) mass is 1490 g/mol. The van der Waals surface area contributed by atoms with Crippen molar-refractivity contribution in [2.75, 3.05) is 39.6 Å². The SMILES string of the molecule is CCCCCCCCCCCCCCCCCCCCC(=O)OC[C@H](COP(=O)(O)OC[C@@H](O)COP(=O)(O)OC[C@@H](COC(=O)CCCCCCCCCC)OC(=O)CCCCCCCCCCCCCCCCCCC)OC(=O)CCCCCCCCCCCCCCCCCCC(C)C. The summed E-state index contributed by atoms with van der Waals surface area (Å²) in [6, 6.07) is 0. The fourth-order valence-electron chi connectivity index (χ4n) is 12.9. The number of aliphatic hydroxyl groups excluding tert-OH is 1. The lowest BCUT2D eigenvalue weighted by atomic mass is 10.0. The average molecular weight is 1490 g/mol. The summed E-state index contributed by atoms with van der Waals surface area (Å²) in [6.45, 7) is 7.35. The van der Waals surface area contributed by atoms with Gasteiger partial charge in [0.1, 0.15) is 19.3 Å². The van der Waals surface area contributed by atoms with Gasteiger partial charge >= 0.3 is 39.5 Å². The van der Waals surface area contributed by atoms with Crippen LogP contribution in [-0.2, 0) is 65.4 Å². The number of esters is 4. The number of phosphoric ester groups is 2. The highest BCUT2D eigenvalue weighted by Gasteiger charge is 2.30. The third kappa shape index (κ3) is 76.3. The Morgan fingerprint density at radius 3 is 0.667 bits per heavy atom. The second-order valence-electron chi connectivity index (χ2n) is 30.3. The molecular weight excluding hydrogens is 1330 g/mol. The molecular formula is C83H162O17P2. The number of rotatable bonds is 83. The number of phosphoric acid groups is 2. The van der Waals surface area contributed by atoms with Crippen LogP contribution in [0.25, 0.3) is 0 Å². The molecule has 0 aliphatic rings. The molecule has 0 radical (unpaired) electrons. The maximum atomic E-state index is 13.1. The van der Waals surface area contributed by atoms with Gasteiger partial charge in [-0.15, -0.1) is 0 Å². The molecule has 5 atom stereocenters.